The molecule has 0 atom stereocenters. The maximum absolute atomic E-state index is 12.5. The lowest BCUT2D eigenvalue weighted by Crippen LogP contribution is -2.37. The maximum Gasteiger partial charge on any atom is 0.240 e. The normalized spacial score (nSPS) is 11.6. The number of amides is 1. The summed E-state index contributed by atoms with van der Waals surface area (Å²) >= 11 is 0. The topological polar surface area (TPSA) is 66.5 Å². The molecular weight excluding hydrogens is 360 g/mol. The Kier molecular flexibility index (Phi) is 7.16. The number of nitrogens with zero attached hydrogens (tertiary/aromatic N) is 1. The van der Waals surface area contributed by atoms with Crippen molar-refractivity contribution >= 4 is 21.6 Å². The number of benzene rings is 2. The summed E-state index contributed by atoms with van der Waals surface area (Å²) < 4.78 is 27.5. The van der Waals surface area contributed by atoms with E-state index in [1.165, 1.54) is 12.5 Å². The number of carbonyl (C=O) groups is 1. The van der Waals surface area contributed by atoms with Gasteiger partial charge in [-0.1, -0.05) is 45.0 Å². The second kappa shape index (κ2) is 9.15. The van der Waals surface area contributed by atoms with Crippen molar-refractivity contribution in [2.45, 2.75) is 44.9 Å². The molecule has 2 rings (SSSR count). The zero-order valence-electron chi connectivity index (χ0n) is 16.4. The lowest BCUT2D eigenvalue weighted by atomic mass is 10.0. The van der Waals surface area contributed by atoms with Crippen LogP contribution in [0.5, 0.6) is 0 Å². The number of sulfonamides is 1. The van der Waals surface area contributed by atoms with Crippen LogP contribution in [0, 0.1) is 0 Å². The fraction of sp³-hybridized carbons (Fsp3) is 0.381. The second-order valence-corrected chi connectivity index (χ2v) is 8.58. The van der Waals surface area contributed by atoms with Crippen molar-refractivity contribution in [1.29, 1.82) is 0 Å². The highest BCUT2D eigenvalue weighted by Gasteiger charge is 2.16. The predicted octanol–water partition coefficient (Wildman–Crippen LogP) is 3.70. The van der Waals surface area contributed by atoms with E-state index < -0.39 is 10.0 Å². The first-order valence-corrected chi connectivity index (χ1v) is 10.7. The molecule has 2 aromatic carbocycles. The molecule has 0 bridgehead atoms. The van der Waals surface area contributed by atoms with Crippen LogP contribution < -0.4 is 9.62 Å². The summed E-state index contributed by atoms with van der Waals surface area (Å²) in [7, 11) is -3.60. The third kappa shape index (κ3) is 5.65. The molecule has 0 radical (unpaired) electrons. The molecule has 0 fully saturated rings. The number of aryl methyl sites for hydroxylation is 1. The zero-order valence-corrected chi connectivity index (χ0v) is 17.2. The Bertz CT molecular complexity index is 857. The van der Waals surface area contributed by atoms with Crippen molar-refractivity contribution in [3.05, 3.63) is 59.7 Å². The number of anilines is 1. The largest absolute Gasteiger partial charge is 0.311 e. The van der Waals surface area contributed by atoms with Gasteiger partial charge in [-0.25, -0.2) is 13.1 Å². The van der Waals surface area contributed by atoms with Gasteiger partial charge in [0.25, 0.3) is 0 Å². The van der Waals surface area contributed by atoms with E-state index in [1.807, 2.05) is 36.4 Å². The molecule has 0 saturated carbocycles. The standard InChI is InChI=1S/C21H28N2O3S/c1-5-18-6-10-20(11-7-18)23(17(4)24)15-14-22-27(25,26)21-12-8-19(9-13-21)16(2)3/h6-13,16,22H,5,14-15H2,1-4H3. The molecule has 0 spiro atoms. The molecule has 0 aliphatic heterocycles. The molecule has 6 heteroatoms. The minimum absolute atomic E-state index is 0.125. The van der Waals surface area contributed by atoms with Crippen LogP contribution in [0.15, 0.2) is 53.4 Å². The Balaban J connectivity index is 2.03. The van der Waals surface area contributed by atoms with Gasteiger partial charge in [0.2, 0.25) is 15.9 Å². The van der Waals surface area contributed by atoms with Crippen LogP contribution in [0.1, 0.15) is 44.7 Å². The van der Waals surface area contributed by atoms with Gasteiger partial charge in [-0.2, -0.15) is 0 Å². The fourth-order valence-corrected chi connectivity index (χ4v) is 3.81. The fourth-order valence-electron chi connectivity index (χ4n) is 2.79. The average Bonchev–Trinajstić information content (AvgIpc) is 2.65. The van der Waals surface area contributed by atoms with E-state index in [-0.39, 0.29) is 23.9 Å². The molecule has 1 amide bonds. The summed E-state index contributed by atoms with van der Waals surface area (Å²) in [4.78, 5) is 13.8. The highest BCUT2D eigenvalue weighted by Crippen LogP contribution is 2.18. The van der Waals surface area contributed by atoms with E-state index in [9.17, 15) is 13.2 Å². The van der Waals surface area contributed by atoms with E-state index in [2.05, 4.69) is 25.5 Å². The minimum Gasteiger partial charge on any atom is -0.311 e. The van der Waals surface area contributed by atoms with E-state index in [0.717, 1.165) is 17.7 Å². The first kappa shape index (κ1) is 21.1. The number of hydrogen-bond acceptors (Lipinski definition) is 3. The molecule has 146 valence electrons. The van der Waals surface area contributed by atoms with Crippen LogP contribution >= 0.6 is 0 Å². The molecule has 0 saturated heterocycles. The number of hydrogen-bond donors (Lipinski definition) is 1. The van der Waals surface area contributed by atoms with E-state index in [1.54, 1.807) is 17.0 Å². The van der Waals surface area contributed by atoms with Gasteiger partial charge in [0.15, 0.2) is 0 Å². The molecule has 5 nitrogen and oxygen atoms in total. The van der Waals surface area contributed by atoms with Gasteiger partial charge in [-0.05, 0) is 47.7 Å². The third-order valence-electron chi connectivity index (χ3n) is 4.52. The molecule has 0 aromatic heterocycles. The number of rotatable bonds is 8. The van der Waals surface area contributed by atoms with E-state index in [4.69, 9.17) is 0 Å². The van der Waals surface area contributed by atoms with Crippen LogP contribution in [-0.4, -0.2) is 27.4 Å². The summed E-state index contributed by atoms with van der Waals surface area (Å²) in [5.74, 6) is 0.220. The summed E-state index contributed by atoms with van der Waals surface area (Å²) in [5, 5.41) is 0. The molecule has 0 aliphatic carbocycles. The Morgan fingerprint density at radius 1 is 1.04 bits per heavy atom. The Morgan fingerprint density at radius 2 is 1.63 bits per heavy atom. The van der Waals surface area contributed by atoms with Gasteiger partial charge < -0.3 is 4.90 Å². The molecule has 0 heterocycles. The van der Waals surface area contributed by atoms with Crippen molar-refractivity contribution in [1.82, 2.24) is 4.72 Å². The molecule has 1 N–H and O–H groups in total. The zero-order chi connectivity index (χ0) is 20.0. The van der Waals surface area contributed by atoms with E-state index in [0.29, 0.717) is 5.92 Å². The predicted molar refractivity (Wildman–Crippen MR) is 110 cm³/mol. The van der Waals surface area contributed by atoms with Crippen molar-refractivity contribution in [2.24, 2.45) is 0 Å². The highest BCUT2D eigenvalue weighted by atomic mass is 32.2. The van der Waals surface area contributed by atoms with Gasteiger partial charge in [0.05, 0.1) is 4.90 Å². The van der Waals surface area contributed by atoms with E-state index >= 15 is 0 Å². The summed E-state index contributed by atoms with van der Waals surface area (Å²) in [5.41, 5.74) is 3.04. The molecule has 2 aromatic rings. The Morgan fingerprint density at radius 3 is 2.11 bits per heavy atom. The second-order valence-electron chi connectivity index (χ2n) is 6.81. The molecule has 0 unspecified atom stereocenters. The highest BCUT2D eigenvalue weighted by molar-refractivity contribution is 7.89. The van der Waals surface area contributed by atoms with Gasteiger partial charge >= 0.3 is 0 Å². The van der Waals surface area contributed by atoms with Gasteiger partial charge in [0, 0.05) is 25.7 Å². The third-order valence-corrected chi connectivity index (χ3v) is 6.00. The lowest BCUT2D eigenvalue weighted by molar-refractivity contribution is -0.116. The molecular formula is C21H28N2O3S. The van der Waals surface area contributed by atoms with Crippen molar-refractivity contribution < 1.29 is 13.2 Å². The van der Waals surface area contributed by atoms with Crippen LogP contribution in [-0.2, 0) is 21.2 Å². The van der Waals surface area contributed by atoms with Crippen LogP contribution in [0.2, 0.25) is 0 Å². The monoisotopic (exact) mass is 388 g/mol. The minimum atomic E-state index is -3.60. The van der Waals surface area contributed by atoms with Crippen LogP contribution in [0.3, 0.4) is 0 Å². The molecule has 0 aliphatic rings. The van der Waals surface area contributed by atoms with Crippen molar-refractivity contribution in [3.63, 3.8) is 0 Å². The van der Waals surface area contributed by atoms with Crippen molar-refractivity contribution in [3.8, 4) is 0 Å². The summed E-state index contributed by atoms with van der Waals surface area (Å²) in [6.45, 7) is 8.08. The Labute approximate surface area is 162 Å². The summed E-state index contributed by atoms with van der Waals surface area (Å²) in [6, 6.07) is 14.6. The number of nitrogens with one attached hydrogen (secondary N) is 1. The van der Waals surface area contributed by atoms with Gasteiger partial charge in [-0.15, -0.1) is 0 Å². The van der Waals surface area contributed by atoms with Crippen LogP contribution in [0.25, 0.3) is 0 Å². The van der Waals surface area contributed by atoms with Gasteiger partial charge in [0.1, 0.15) is 0 Å². The SMILES string of the molecule is CCc1ccc(N(CCNS(=O)(=O)c2ccc(C(C)C)cc2)C(C)=O)cc1. The quantitative estimate of drug-likeness (QED) is 0.750. The first-order valence-electron chi connectivity index (χ1n) is 9.21. The van der Waals surface area contributed by atoms with Gasteiger partial charge in [-0.3, -0.25) is 4.79 Å². The lowest BCUT2D eigenvalue weighted by Gasteiger charge is -2.21. The maximum atomic E-state index is 12.5. The summed E-state index contributed by atoms with van der Waals surface area (Å²) in [6.07, 6.45) is 0.926. The molecule has 27 heavy (non-hydrogen) atoms. The first-order chi connectivity index (χ1) is 12.7. The number of carbonyl (C=O) groups excluding carboxylic acids is 1. The smallest absolute Gasteiger partial charge is 0.240 e. The van der Waals surface area contributed by atoms with Crippen LogP contribution in [0.4, 0.5) is 5.69 Å². The van der Waals surface area contributed by atoms with Crippen molar-refractivity contribution in [2.75, 3.05) is 18.0 Å². The average molecular weight is 389 g/mol. The Hall–Kier alpha value is -2.18.